The zero-order valence-electron chi connectivity index (χ0n) is 19.5. The van der Waals surface area contributed by atoms with Crippen molar-refractivity contribution >= 4 is 28.7 Å². The van der Waals surface area contributed by atoms with Crippen LogP contribution < -0.4 is 39.4 Å². The van der Waals surface area contributed by atoms with Gasteiger partial charge < -0.3 is 14.6 Å². The number of nitrogens with zero attached hydrogens (tertiary/aromatic N) is 1. The summed E-state index contributed by atoms with van der Waals surface area (Å²) in [6.45, 7) is 1.77. The molecule has 4 nitrogen and oxygen atoms in total. The van der Waals surface area contributed by atoms with Crippen LogP contribution in [0.25, 0.3) is 11.1 Å². The van der Waals surface area contributed by atoms with Crippen LogP contribution >= 0.6 is 11.6 Å². The molecule has 0 unspecified atom stereocenters. The summed E-state index contributed by atoms with van der Waals surface area (Å²) in [5, 5.41) is 11.6. The van der Waals surface area contributed by atoms with Gasteiger partial charge in [-0.05, 0) is 73.7 Å². The summed E-state index contributed by atoms with van der Waals surface area (Å²) in [6, 6.07) is 10.9. The van der Waals surface area contributed by atoms with Gasteiger partial charge in [0.2, 0.25) is 0 Å². The number of carboxylic acids is 1. The van der Waals surface area contributed by atoms with Crippen molar-refractivity contribution < 1.29 is 61.8 Å². The fourth-order valence-electron chi connectivity index (χ4n) is 4.08. The molecular formula is C26H19ClF4NNaO3. The van der Waals surface area contributed by atoms with E-state index >= 15 is 0 Å². The molecule has 0 radical (unpaired) electrons. The fourth-order valence-corrected chi connectivity index (χ4v) is 4.24. The van der Waals surface area contributed by atoms with Gasteiger partial charge in [-0.2, -0.15) is 13.2 Å². The molecule has 182 valence electrons. The van der Waals surface area contributed by atoms with Gasteiger partial charge in [-0.1, -0.05) is 29.3 Å². The van der Waals surface area contributed by atoms with E-state index in [0.29, 0.717) is 53.4 Å². The number of benzene rings is 2. The maximum atomic E-state index is 14.2. The van der Waals surface area contributed by atoms with E-state index in [-0.39, 0.29) is 46.9 Å². The predicted octanol–water partition coefficient (Wildman–Crippen LogP) is 3.24. The number of rotatable bonds is 6. The summed E-state index contributed by atoms with van der Waals surface area (Å²) in [5.41, 5.74) is 1.06. The molecule has 4 rings (SSSR count). The van der Waals surface area contributed by atoms with E-state index in [2.05, 4.69) is 4.98 Å². The third-order valence-electron chi connectivity index (χ3n) is 5.75. The van der Waals surface area contributed by atoms with E-state index in [1.807, 2.05) is 19.1 Å². The molecule has 2 aromatic carbocycles. The Kier molecular flexibility index (Phi) is 8.88. The van der Waals surface area contributed by atoms with Crippen molar-refractivity contribution in [2.75, 3.05) is 0 Å². The number of carboxylic acid groups (broad SMARTS) is 1. The monoisotopic (exact) mass is 527 g/mol. The van der Waals surface area contributed by atoms with E-state index in [1.165, 1.54) is 12.1 Å². The number of alkyl halides is 3. The Bertz CT molecular complexity index is 1340. The second-order valence-corrected chi connectivity index (χ2v) is 8.68. The molecule has 1 heterocycles. The van der Waals surface area contributed by atoms with Crippen molar-refractivity contribution in [2.45, 2.75) is 39.0 Å². The van der Waals surface area contributed by atoms with Crippen LogP contribution in [-0.2, 0) is 12.8 Å². The molecule has 0 bridgehead atoms. The average molecular weight is 528 g/mol. The van der Waals surface area contributed by atoms with Crippen LogP contribution in [0.3, 0.4) is 0 Å². The Morgan fingerprint density at radius 1 is 1.08 bits per heavy atom. The maximum absolute atomic E-state index is 14.2. The van der Waals surface area contributed by atoms with Crippen LogP contribution in [0.15, 0.2) is 48.5 Å². The summed E-state index contributed by atoms with van der Waals surface area (Å²) < 4.78 is 60.4. The van der Waals surface area contributed by atoms with Gasteiger partial charge in [0, 0.05) is 16.1 Å². The molecule has 1 aliphatic rings. The number of ether oxygens (including phenoxy) is 1. The summed E-state index contributed by atoms with van der Waals surface area (Å²) in [6.07, 6.45) is -3.16. The first-order valence-corrected chi connectivity index (χ1v) is 11.1. The molecule has 0 saturated carbocycles. The van der Waals surface area contributed by atoms with Crippen molar-refractivity contribution in [3.63, 3.8) is 0 Å². The topological polar surface area (TPSA) is 62.2 Å². The number of hydrogen-bond donors (Lipinski definition) is 0. The van der Waals surface area contributed by atoms with Crippen molar-refractivity contribution in [3.05, 3.63) is 93.0 Å². The minimum Gasteiger partial charge on any atom is -0.543 e. The largest absolute Gasteiger partial charge is 1.00 e. The van der Waals surface area contributed by atoms with Gasteiger partial charge in [-0.25, -0.2) is 9.37 Å². The molecule has 0 aliphatic heterocycles. The average Bonchev–Trinajstić information content (AvgIpc) is 3.28. The van der Waals surface area contributed by atoms with E-state index in [1.54, 1.807) is 12.1 Å². The molecule has 0 atom stereocenters. The maximum Gasteiger partial charge on any atom is 1.00 e. The van der Waals surface area contributed by atoms with Gasteiger partial charge in [0.1, 0.15) is 18.2 Å². The summed E-state index contributed by atoms with van der Waals surface area (Å²) in [7, 11) is 0. The normalized spacial score (nSPS) is 13.5. The Morgan fingerprint density at radius 3 is 2.47 bits per heavy atom. The van der Waals surface area contributed by atoms with Crippen LogP contribution in [-0.4, -0.2) is 11.0 Å². The number of halogens is 5. The third-order valence-corrected chi connectivity index (χ3v) is 5.98. The quantitative estimate of drug-likeness (QED) is 0.365. The van der Waals surface area contributed by atoms with Crippen molar-refractivity contribution in [2.24, 2.45) is 0 Å². The van der Waals surface area contributed by atoms with Gasteiger partial charge in [-0.3, -0.25) is 0 Å². The number of aromatic carboxylic acids is 1. The number of carbonyl (C=O) groups excluding carboxylic acids is 1. The number of pyridine rings is 1. The first kappa shape index (κ1) is 28.2. The van der Waals surface area contributed by atoms with E-state index < -0.39 is 29.2 Å². The summed E-state index contributed by atoms with van der Waals surface area (Å²) in [4.78, 5) is 15.3. The predicted molar refractivity (Wildman–Crippen MR) is 121 cm³/mol. The Hall–Kier alpha value is -2.39. The molecular weight excluding hydrogens is 509 g/mol. The minimum absolute atomic E-state index is 0. The zero-order chi connectivity index (χ0) is 25.3. The number of aryl methyl sites for hydroxylation is 1. The zero-order valence-corrected chi connectivity index (χ0v) is 22.3. The molecule has 0 N–H and O–H groups in total. The molecule has 36 heavy (non-hydrogen) atoms. The fraction of sp³-hybridized carbons (Fsp3) is 0.231. The standard InChI is InChI=1S/C26H20ClF4NO3.Na/c1-14-5-8-24(35-13-15-6-7-17(27)12-21(15)28)20(9-14)18-3-2-4-19(18)22-10-16(26(29,30)31)11-23(32-22)25(33)34;/h5-12H,2-4,13H2,1H3,(H,33,34);/q;+1/p-1. The van der Waals surface area contributed by atoms with Gasteiger partial charge in [0.25, 0.3) is 0 Å². The number of carbonyl (C=O) groups is 1. The second kappa shape index (κ2) is 11.3. The molecule has 0 amide bonds. The third kappa shape index (κ3) is 6.29. The molecule has 0 spiro atoms. The Labute approximate surface area is 232 Å². The number of hydrogen-bond acceptors (Lipinski definition) is 4. The SMILES string of the molecule is Cc1ccc(OCc2ccc(Cl)cc2F)c(C2=C(c3cc(C(F)(F)F)cc(C(=O)[O-])n3)CCC2)c1.[Na+]. The van der Waals surface area contributed by atoms with E-state index in [4.69, 9.17) is 16.3 Å². The molecule has 0 saturated heterocycles. The van der Waals surface area contributed by atoms with Crippen LogP contribution in [0.4, 0.5) is 17.6 Å². The molecule has 10 heteroatoms. The van der Waals surface area contributed by atoms with Crippen molar-refractivity contribution in [1.29, 1.82) is 0 Å². The van der Waals surface area contributed by atoms with Crippen LogP contribution in [0, 0.1) is 12.7 Å². The molecule has 1 aliphatic carbocycles. The van der Waals surface area contributed by atoms with Crippen LogP contribution in [0.2, 0.25) is 5.02 Å². The van der Waals surface area contributed by atoms with Crippen molar-refractivity contribution in [3.8, 4) is 5.75 Å². The number of allylic oxidation sites excluding steroid dienone is 2. The Morgan fingerprint density at radius 2 is 1.81 bits per heavy atom. The summed E-state index contributed by atoms with van der Waals surface area (Å²) >= 11 is 5.80. The first-order valence-electron chi connectivity index (χ1n) is 10.7. The van der Waals surface area contributed by atoms with Gasteiger partial charge in [0.05, 0.1) is 22.9 Å². The van der Waals surface area contributed by atoms with Crippen molar-refractivity contribution in [1.82, 2.24) is 4.98 Å². The smallest absolute Gasteiger partial charge is 0.543 e. The van der Waals surface area contributed by atoms with Gasteiger partial charge in [0.15, 0.2) is 0 Å². The molecule has 3 aromatic rings. The van der Waals surface area contributed by atoms with Crippen LogP contribution in [0.1, 0.15) is 57.7 Å². The van der Waals surface area contributed by atoms with E-state index in [0.717, 1.165) is 11.6 Å². The van der Waals surface area contributed by atoms with Crippen LogP contribution in [0.5, 0.6) is 5.75 Å². The minimum atomic E-state index is -4.75. The first-order chi connectivity index (χ1) is 16.5. The van der Waals surface area contributed by atoms with E-state index in [9.17, 15) is 27.5 Å². The second-order valence-electron chi connectivity index (χ2n) is 8.25. The van der Waals surface area contributed by atoms with Gasteiger partial charge >= 0.3 is 35.7 Å². The molecule has 0 fully saturated rings. The van der Waals surface area contributed by atoms with Gasteiger partial charge in [-0.15, -0.1) is 0 Å². The Balaban J connectivity index is 0.00000361. The summed E-state index contributed by atoms with van der Waals surface area (Å²) in [5.74, 6) is -1.89. The molecule has 1 aromatic heterocycles. The number of aromatic nitrogens is 1.